The zero-order valence-corrected chi connectivity index (χ0v) is 16.8. The lowest BCUT2D eigenvalue weighted by atomic mass is 9.51. The lowest BCUT2D eigenvalue weighted by molar-refractivity contribution is -0.126. The number of rotatable bonds is 2. The van der Waals surface area contributed by atoms with E-state index in [1.54, 1.807) is 4.68 Å². The molecule has 1 aliphatic heterocycles. The molecule has 0 spiro atoms. The maximum absolute atomic E-state index is 13.0. The fraction of sp³-hybridized carbons (Fsp3) is 0.208. The second-order valence-corrected chi connectivity index (χ2v) is 7.95. The number of amides is 1. The largest absolute Gasteiger partial charge is 0.386 e. The number of para-hydroxylation sites is 1. The van der Waals surface area contributed by atoms with Crippen LogP contribution in [0.4, 0.5) is 0 Å². The minimum Gasteiger partial charge on any atom is -0.386 e. The molecule has 0 fully saturated rings. The van der Waals surface area contributed by atoms with Crippen molar-refractivity contribution >= 4 is 11.7 Å². The van der Waals surface area contributed by atoms with Crippen molar-refractivity contribution in [3.05, 3.63) is 83.2 Å². The van der Waals surface area contributed by atoms with Gasteiger partial charge in [0, 0.05) is 23.6 Å². The van der Waals surface area contributed by atoms with E-state index in [2.05, 4.69) is 17.1 Å². The van der Waals surface area contributed by atoms with E-state index in [4.69, 9.17) is 10.8 Å². The Kier molecular flexibility index (Phi) is 3.87. The molecular formula is C24H18N6O. The third-order valence-electron chi connectivity index (χ3n) is 6.56. The highest BCUT2D eigenvalue weighted by atomic mass is 16.2. The highest BCUT2D eigenvalue weighted by Gasteiger charge is 2.71. The summed E-state index contributed by atoms with van der Waals surface area (Å²) >= 11 is 0. The predicted molar refractivity (Wildman–Crippen MR) is 113 cm³/mol. The molecule has 7 nitrogen and oxygen atoms in total. The van der Waals surface area contributed by atoms with E-state index in [1.807, 2.05) is 67.6 Å². The van der Waals surface area contributed by atoms with Gasteiger partial charge in [0.25, 0.3) is 5.91 Å². The van der Waals surface area contributed by atoms with Crippen LogP contribution in [0.15, 0.2) is 65.7 Å². The van der Waals surface area contributed by atoms with Crippen molar-refractivity contribution in [3.63, 3.8) is 0 Å². The number of aromatic nitrogens is 2. The number of nitrogens with zero attached hydrogens (tertiary/aromatic N) is 5. The van der Waals surface area contributed by atoms with Gasteiger partial charge in [-0.25, -0.2) is 4.68 Å². The molecule has 150 valence electrons. The highest BCUT2D eigenvalue weighted by molar-refractivity contribution is 6.12. The van der Waals surface area contributed by atoms with E-state index in [-0.39, 0.29) is 12.3 Å². The first-order chi connectivity index (χ1) is 15.0. The van der Waals surface area contributed by atoms with Crippen molar-refractivity contribution in [1.29, 1.82) is 10.5 Å². The molecule has 2 N–H and O–H groups in total. The molecular weight excluding hydrogens is 388 g/mol. The molecule has 3 atom stereocenters. The SMILES string of the molecule is Cc1c2c(nn1-c1ccccc1)C[C@]1(C#N)C(=O)N=C(N)[C@@]1(C#N)[C@H]2c1ccccc1. The lowest BCUT2D eigenvalue weighted by Crippen LogP contribution is -2.55. The highest BCUT2D eigenvalue weighted by Crippen LogP contribution is 2.61. The summed E-state index contributed by atoms with van der Waals surface area (Å²) in [5.41, 5.74) is 6.84. The van der Waals surface area contributed by atoms with Crippen LogP contribution in [0.5, 0.6) is 0 Å². The van der Waals surface area contributed by atoms with Crippen LogP contribution in [0.2, 0.25) is 0 Å². The summed E-state index contributed by atoms with van der Waals surface area (Å²) in [4.78, 5) is 17.0. The summed E-state index contributed by atoms with van der Waals surface area (Å²) in [5, 5.41) is 25.5. The topological polar surface area (TPSA) is 121 Å². The average Bonchev–Trinajstić information content (AvgIpc) is 3.24. The molecule has 1 aromatic heterocycles. The maximum Gasteiger partial charge on any atom is 0.270 e. The van der Waals surface area contributed by atoms with Gasteiger partial charge in [-0.2, -0.15) is 20.6 Å². The van der Waals surface area contributed by atoms with Crippen LogP contribution in [-0.2, 0) is 11.2 Å². The zero-order valence-electron chi connectivity index (χ0n) is 16.8. The van der Waals surface area contributed by atoms with Gasteiger partial charge in [0.2, 0.25) is 0 Å². The summed E-state index contributed by atoms with van der Waals surface area (Å²) in [5.74, 6) is -1.43. The molecule has 0 saturated carbocycles. The molecule has 5 rings (SSSR count). The molecule has 0 saturated heterocycles. The smallest absolute Gasteiger partial charge is 0.270 e. The molecule has 1 aliphatic carbocycles. The quantitative estimate of drug-likeness (QED) is 0.701. The zero-order chi connectivity index (χ0) is 21.8. The summed E-state index contributed by atoms with van der Waals surface area (Å²) in [7, 11) is 0. The Labute approximate surface area is 179 Å². The normalized spacial score (nSPS) is 26.4. The van der Waals surface area contributed by atoms with Gasteiger partial charge < -0.3 is 5.73 Å². The van der Waals surface area contributed by atoms with Gasteiger partial charge in [-0.05, 0) is 24.6 Å². The summed E-state index contributed by atoms with van der Waals surface area (Å²) in [6.07, 6.45) is -0.0145. The van der Waals surface area contributed by atoms with Gasteiger partial charge in [0.15, 0.2) is 10.8 Å². The molecule has 2 aromatic carbocycles. The Balaban J connectivity index is 1.88. The Bertz CT molecular complexity index is 1330. The molecule has 7 heteroatoms. The predicted octanol–water partition coefficient (Wildman–Crippen LogP) is 2.79. The van der Waals surface area contributed by atoms with E-state index >= 15 is 0 Å². The van der Waals surface area contributed by atoms with E-state index in [0.717, 1.165) is 22.5 Å². The van der Waals surface area contributed by atoms with Gasteiger partial charge in [0.1, 0.15) is 5.84 Å². The van der Waals surface area contributed by atoms with Crippen LogP contribution in [0.3, 0.4) is 0 Å². The monoisotopic (exact) mass is 406 g/mol. The Morgan fingerprint density at radius 1 is 1.06 bits per heavy atom. The van der Waals surface area contributed by atoms with E-state index < -0.39 is 22.7 Å². The molecule has 2 aliphatic rings. The number of amidine groups is 1. The first-order valence-corrected chi connectivity index (χ1v) is 9.90. The first kappa shape index (κ1) is 18.8. The molecule has 0 bridgehead atoms. The van der Waals surface area contributed by atoms with Crippen LogP contribution in [0, 0.1) is 40.4 Å². The molecule has 3 aromatic rings. The number of benzene rings is 2. The van der Waals surface area contributed by atoms with Crippen LogP contribution in [-0.4, -0.2) is 21.5 Å². The van der Waals surface area contributed by atoms with Crippen LogP contribution >= 0.6 is 0 Å². The van der Waals surface area contributed by atoms with Crippen LogP contribution in [0.25, 0.3) is 5.69 Å². The number of carbonyl (C=O) groups excluding carboxylic acids is 1. The Morgan fingerprint density at radius 3 is 2.32 bits per heavy atom. The van der Waals surface area contributed by atoms with Crippen molar-refractivity contribution in [2.75, 3.05) is 0 Å². The molecule has 2 heterocycles. The minimum atomic E-state index is -1.72. The van der Waals surface area contributed by atoms with Gasteiger partial charge in [-0.1, -0.05) is 48.5 Å². The third kappa shape index (κ3) is 2.18. The second kappa shape index (κ2) is 6.38. The van der Waals surface area contributed by atoms with E-state index in [9.17, 15) is 15.3 Å². The fourth-order valence-electron chi connectivity index (χ4n) is 5.11. The van der Waals surface area contributed by atoms with Crippen LogP contribution < -0.4 is 5.73 Å². The standard InChI is InChI=1S/C24H18N6O/c1-15-19-18(29-30(15)17-10-6-3-7-11-17)12-23(13-25)22(31)28-21(27)24(23,14-26)20(19)16-8-4-2-5-9-16/h2-11,20H,12H2,1H3,(H2,27,28,31)/t20-,23-,24+/m0/s1. The van der Waals surface area contributed by atoms with Crippen molar-refractivity contribution in [1.82, 2.24) is 9.78 Å². The number of nitriles is 2. The number of aliphatic imine (C=N–C) groups is 1. The lowest BCUT2D eigenvalue weighted by Gasteiger charge is -2.43. The summed E-state index contributed by atoms with van der Waals surface area (Å²) in [6.45, 7) is 1.93. The number of nitrogens with two attached hydrogens (primary N) is 1. The Hall–Kier alpha value is -4.23. The number of hydrogen-bond acceptors (Lipinski definition) is 5. The van der Waals surface area contributed by atoms with Crippen molar-refractivity contribution in [3.8, 4) is 17.8 Å². The second-order valence-electron chi connectivity index (χ2n) is 7.95. The van der Waals surface area contributed by atoms with Gasteiger partial charge in [-0.3, -0.25) is 4.79 Å². The molecule has 31 heavy (non-hydrogen) atoms. The van der Waals surface area contributed by atoms with Gasteiger partial charge in [0.05, 0.1) is 23.5 Å². The third-order valence-corrected chi connectivity index (χ3v) is 6.56. The van der Waals surface area contributed by atoms with Crippen molar-refractivity contribution < 1.29 is 4.79 Å². The first-order valence-electron chi connectivity index (χ1n) is 9.90. The van der Waals surface area contributed by atoms with Gasteiger partial charge in [-0.15, -0.1) is 0 Å². The van der Waals surface area contributed by atoms with E-state index in [1.165, 1.54) is 0 Å². The Morgan fingerprint density at radius 2 is 1.71 bits per heavy atom. The molecule has 0 unspecified atom stereocenters. The minimum absolute atomic E-state index is 0.0145. The average molecular weight is 406 g/mol. The number of fused-ring (bicyclic) bond motifs is 2. The van der Waals surface area contributed by atoms with Crippen LogP contribution in [0.1, 0.15) is 28.4 Å². The van der Waals surface area contributed by atoms with Crippen molar-refractivity contribution in [2.24, 2.45) is 21.6 Å². The number of carbonyl (C=O) groups is 1. The summed E-state index contributed by atoms with van der Waals surface area (Å²) in [6, 6.07) is 23.4. The maximum atomic E-state index is 13.0. The summed E-state index contributed by atoms with van der Waals surface area (Å²) < 4.78 is 1.80. The molecule has 0 radical (unpaired) electrons. The van der Waals surface area contributed by atoms with Crippen molar-refractivity contribution in [2.45, 2.75) is 19.3 Å². The van der Waals surface area contributed by atoms with Gasteiger partial charge >= 0.3 is 0 Å². The number of hydrogen-bond donors (Lipinski definition) is 1. The fourth-order valence-corrected chi connectivity index (χ4v) is 5.11. The van der Waals surface area contributed by atoms with E-state index in [0.29, 0.717) is 5.69 Å². The molecule has 1 amide bonds.